The summed E-state index contributed by atoms with van der Waals surface area (Å²) >= 11 is 0. The molecule has 0 saturated carbocycles. The Kier molecular flexibility index (Phi) is 3.28. The fraction of sp³-hybridized carbons (Fsp3) is 0.0833. The minimum atomic E-state index is -4.42. The first-order valence-corrected chi connectivity index (χ1v) is 6.85. The standard InChI is InChI=1S/C12H11NO6S/c1-13(12(15)16)8-3-2-7-4-9(20(17,18)19)6-11(14)10(7)5-8/h2-6,14H,1H3,(H,15,16)(H,17,18,19). The monoisotopic (exact) mass is 297 g/mol. The highest BCUT2D eigenvalue weighted by atomic mass is 32.2. The summed E-state index contributed by atoms with van der Waals surface area (Å²) in [5, 5.41) is 19.3. The van der Waals surface area contributed by atoms with Gasteiger partial charge in [-0.05, 0) is 23.6 Å². The lowest BCUT2D eigenvalue weighted by Crippen LogP contribution is -2.23. The van der Waals surface area contributed by atoms with Crippen LogP contribution in [0.3, 0.4) is 0 Å². The van der Waals surface area contributed by atoms with Crippen molar-refractivity contribution >= 4 is 32.7 Å². The number of aromatic hydroxyl groups is 1. The molecule has 0 aromatic heterocycles. The summed E-state index contributed by atoms with van der Waals surface area (Å²) in [5.41, 5.74) is 0.319. The van der Waals surface area contributed by atoms with Crippen LogP contribution in [0.5, 0.6) is 5.75 Å². The van der Waals surface area contributed by atoms with Crippen LogP contribution in [0.2, 0.25) is 0 Å². The molecule has 0 aliphatic heterocycles. The maximum atomic E-state index is 11.1. The molecule has 20 heavy (non-hydrogen) atoms. The lowest BCUT2D eigenvalue weighted by molar-refractivity contribution is 0.203. The molecule has 0 bridgehead atoms. The van der Waals surface area contributed by atoms with Crippen molar-refractivity contribution in [3.8, 4) is 5.75 Å². The van der Waals surface area contributed by atoms with E-state index in [1.54, 1.807) is 0 Å². The number of rotatable bonds is 2. The molecule has 8 heteroatoms. The molecule has 0 unspecified atom stereocenters. The summed E-state index contributed by atoms with van der Waals surface area (Å²) < 4.78 is 31.1. The van der Waals surface area contributed by atoms with Crippen LogP contribution in [0.25, 0.3) is 10.8 Å². The fourth-order valence-corrected chi connectivity index (χ4v) is 2.30. The normalized spacial score (nSPS) is 11.5. The number of hydrogen-bond donors (Lipinski definition) is 3. The molecule has 0 aliphatic carbocycles. The van der Waals surface area contributed by atoms with Gasteiger partial charge in [0.2, 0.25) is 0 Å². The van der Waals surface area contributed by atoms with Gasteiger partial charge < -0.3 is 10.2 Å². The SMILES string of the molecule is CN(C(=O)O)c1ccc2cc(S(=O)(=O)O)cc(O)c2c1. The van der Waals surface area contributed by atoms with Crippen molar-refractivity contribution in [3.63, 3.8) is 0 Å². The van der Waals surface area contributed by atoms with E-state index in [9.17, 15) is 18.3 Å². The maximum absolute atomic E-state index is 11.1. The van der Waals surface area contributed by atoms with Gasteiger partial charge in [-0.25, -0.2) is 4.79 Å². The first-order chi connectivity index (χ1) is 9.20. The third kappa shape index (κ3) is 2.51. The molecule has 0 fully saturated rings. The van der Waals surface area contributed by atoms with E-state index in [1.807, 2.05) is 0 Å². The third-order valence-electron chi connectivity index (χ3n) is 2.86. The van der Waals surface area contributed by atoms with Crippen molar-refractivity contribution in [3.05, 3.63) is 30.3 Å². The van der Waals surface area contributed by atoms with E-state index < -0.39 is 21.1 Å². The Morgan fingerprint density at radius 2 is 1.85 bits per heavy atom. The largest absolute Gasteiger partial charge is 0.507 e. The molecule has 0 atom stereocenters. The number of fused-ring (bicyclic) bond motifs is 1. The van der Waals surface area contributed by atoms with Crippen molar-refractivity contribution in [1.82, 2.24) is 0 Å². The zero-order valence-electron chi connectivity index (χ0n) is 10.3. The van der Waals surface area contributed by atoms with E-state index in [1.165, 1.54) is 31.3 Å². The zero-order chi connectivity index (χ0) is 15.1. The summed E-state index contributed by atoms with van der Waals surface area (Å²) in [6.07, 6.45) is -1.17. The summed E-state index contributed by atoms with van der Waals surface area (Å²) in [4.78, 5) is 11.4. The van der Waals surface area contributed by atoms with Crippen LogP contribution in [-0.2, 0) is 10.1 Å². The van der Waals surface area contributed by atoms with Crippen LogP contribution in [-0.4, -0.2) is 36.3 Å². The maximum Gasteiger partial charge on any atom is 0.411 e. The van der Waals surface area contributed by atoms with E-state index in [4.69, 9.17) is 9.66 Å². The number of benzene rings is 2. The number of phenolic OH excluding ortho intramolecular Hbond substituents is 1. The van der Waals surface area contributed by atoms with E-state index in [0.29, 0.717) is 11.1 Å². The lowest BCUT2D eigenvalue weighted by Gasteiger charge is -2.14. The highest BCUT2D eigenvalue weighted by molar-refractivity contribution is 7.85. The molecule has 0 saturated heterocycles. The Labute approximate surface area is 114 Å². The Bertz CT molecular complexity index is 799. The molecule has 2 aromatic carbocycles. The molecular formula is C12H11NO6S. The molecule has 0 aliphatic rings. The van der Waals surface area contributed by atoms with Crippen LogP contribution >= 0.6 is 0 Å². The van der Waals surface area contributed by atoms with Crippen molar-refractivity contribution in [2.24, 2.45) is 0 Å². The quantitative estimate of drug-likeness (QED) is 0.729. The topological polar surface area (TPSA) is 115 Å². The lowest BCUT2D eigenvalue weighted by atomic mass is 10.1. The minimum absolute atomic E-state index is 0.281. The highest BCUT2D eigenvalue weighted by Crippen LogP contribution is 2.31. The summed E-state index contributed by atoms with van der Waals surface area (Å²) in [6.45, 7) is 0. The van der Waals surface area contributed by atoms with Gasteiger partial charge in [-0.15, -0.1) is 0 Å². The van der Waals surface area contributed by atoms with Crippen LogP contribution in [0.4, 0.5) is 10.5 Å². The average Bonchev–Trinajstić information content (AvgIpc) is 2.36. The zero-order valence-corrected chi connectivity index (χ0v) is 11.1. The van der Waals surface area contributed by atoms with Crippen LogP contribution in [0.15, 0.2) is 35.2 Å². The van der Waals surface area contributed by atoms with E-state index in [2.05, 4.69) is 0 Å². The fourth-order valence-electron chi connectivity index (χ4n) is 1.77. The van der Waals surface area contributed by atoms with Gasteiger partial charge in [-0.3, -0.25) is 9.45 Å². The van der Waals surface area contributed by atoms with E-state index >= 15 is 0 Å². The molecule has 2 aromatic rings. The molecule has 106 valence electrons. The number of amides is 1. The second-order valence-electron chi connectivity index (χ2n) is 4.16. The molecule has 3 N–H and O–H groups in total. The molecular weight excluding hydrogens is 286 g/mol. The highest BCUT2D eigenvalue weighted by Gasteiger charge is 2.15. The predicted molar refractivity (Wildman–Crippen MR) is 71.9 cm³/mol. The van der Waals surface area contributed by atoms with E-state index in [-0.39, 0.29) is 11.1 Å². The second-order valence-corrected chi connectivity index (χ2v) is 5.59. The van der Waals surface area contributed by atoms with Crippen molar-refractivity contribution in [1.29, 1.82) is 0 Å². The number of phenols is 1. The Balaban J connectivity index is 2.67. The smallest absolute Gasteiger partial charge is 0.411 e. The number of nitrogens with zero attached hydrogens (tertiary/aromatic N) is 1. The third-order valence-corrected chi connectivity index (χ3v) is 3.69. The molecule has 0 heterocycles. The van der Waals surface area contributed by atoms with Gasteiger partial charge in [-0.1, -0.05) is 6.07 Å². The first kappa shape index (κ1) is 14.1. The summed E-state index contributed by atoms with van der Waals surface area (Å²) in [5.74, 6) is -0.365. The van der Waals surface area contributed by atoms with Crippen molar-refractivity contribution in [2.75, 3.05) is 11.9 Å². The molecule has 0 radical (unpaired) electrons. The number of carboxylic acid groups (broad SMARTS) is 1. The molecule has 2 rings (SSSR count). The van der Waals surface area contributed by atoms with Gasteiger partial charge in [0, 0.05) is 24.2 Å². The van der Waals surface area contributed by atoms with Gasteiger partial charge >= 0.3 is 6.09 Å². The van der Waals surface area contributed by atoms with Crippen LogP contribution < -0.4 is 4.90 Å². The number of anilines is 1. The molecule has 1 amide bonds. The van der Waals surface area contributed by atoms with Crippen molar-refractivity contribution < 1.29 is 28.0 Å². The number of hydrogen-bond acceptors (Lipinski definition) is 4. The molecule has 0 spiro atoms. The van der Waals surface area contributed by atoms with Gasteiger partial charge in [0.1, 0.15) is 5.75 Å². The predicted octanol–water partition coefficient (Wildman–Crippen LogP) is 1.91. The van der Waals surface area contributed by atoms with Gasteiger partial charge in [-0.2, -0.15) is 8.42 Å². The minimum Gasteiger partial charge on any atom is -0.507 e. The second kappa shape index (κ2) is 4.66. The average molecular weight is 297 g/mol. The summed E-state index contributed by atoms with van der Waals surface area (Å²) in [6, 6.07) is 6.42. The van der Waals surface area contributed by atoms with Crippen molar-refractivity contribution in [2.45, 2.75) is 4.90 Å². The van der Waals surface area contributed by atoms with Gasteiger partial charge in [0.05, 0.1) is 4.90 Å². The Morgan fingerprint density at radius 1 is 1.20 bits per heavy atom. The van der Waals surface area contributed by atoms with Gasteiger partial charge in [0.25, 0.3) is 10.1 Å². The Hall–Kier alpha value is -2.32. The first-order valence-electron chi connectivity index (χ1n) is 5.41. The molecule has 7 nitrogen and oxygen atoms in total. The number of carbonyl (C=O) groups is 1. The van der Waals surface area contributed by atoms with Crippen LogP contribution in [0.1, 0.15) is 0 Å². The Morgan fingerprint density at radius 3 is 2.40 bits per heavy atom. The van der Waals surface area contributed by atoms with Crippen LogP contribution in [0, 0.1) is 0 Å². The van der Waals surface area contributed by atoms with Gasteiger partial charge in [0.15, 0.2) is 0 Å². The van der Waals surface area contributed by atoms with E-state index in [0.717, 1.165) is 11.0 Å². The summed E-state index contributed by atoms with van der Waals surface area (Å²) in [7, 11) is -3.08.